The Bertz CT molecular complexity index is 41.8. The topological polar surface area (TPSA) is 12.0 Å². The molecule has 0 saturated heterocycles. The van der Waals surface area contributed by atoms with E-state index in [1.807, 2.05) is 0 Å². The van der Waals surface area contributed by atoms with E-state index in [9.17, 15) is 0 Å². The Balaban J connectivity index is 2.92. The molecule has 0 aromatic heterocycles. The standard InChI is InChI=1S/C6H15IN/c1-4-8-6(2)5-7-3/h6,8H,4-5H2,1-3H3/q-1. The van der Waals surface area contributed by atoms with Gasteiger partial charge in [0.05, 0.1) is 0 Å². The van der Waals surface area contributed by atoms with Gasteiger partial charge in [0, 0.05) is 0 Å². The molecule has 0 aromatic rings. The third kappa shape index (κ3) is 4.84. The van der Waals surface area contributed by atoms with Gasteiger partial charge in [-0.25, -0.2) is 0 Å². The van der Waals surface area contributed by atoms with Gasteiger partial charge in [0.25, 0.3) is 0 Å². The van der Waals surface area contributed by atoms with E-state index in [1.165, 1.54) is 4.43 Å². The number of hydrogen-bond acceptors (Lipinski definition) is 1. The van der Waals surface area contributed by atoms with E-state index in [0.717, 1.165) is 12.6 Å². The molecule has 0 fully saturated rings. The first-order valence-corrected chi connectivity index (χ1v) is 6.66. The van der Waals surface area contributed by atoms with Crippen molar-refractivity contribution in [3.63, 3.8) is 0 Å². The Morgan fingerprint density at radius 2 is 2.25 bits per heavy atom. The molecule has 1 unspecified atom stereocenters. The first kappa shape index (κ1) is 8.69. The van der Waals surface area contributed by atoms with Crippen LogP contribution in [0, 0.1) is 0 Å². The summed E-state index contributed by atoms with van der Waals surface area (Å²) in [5.41, 5.74) is 0. The SMILES string of the molecule is CCNC(C)C[I-]C. The van der Waals surface area contributed by atoms with Crippen LogP contribution in [0.2, 0.25) is 0 Å². The molecule has 2 heteroatoms. The Hall–Kier alpha value is 0.690. The van der Waals surface area contributed by atoms with Crippen LogP contribution in [-0.4, -0.2) is 21.9 Å². The molecule has 1 nitrogen and oxygen atoms in total. The monoisotopic (exact) mass is 228 g/mol. The van der Waals surface area contributed by atoms with Gasteiger partial charge >= 0.3 is 62.3 Å². The summed E-state index contributed by atoms with van der Waals surface area (Å²) in [5, 5.41) is 3.37. The normalized spacial score (nSPS) is 14.4. The molecular weight excluding hydrogens is 213 g/mol. The van der Waals surface area contributed by atoms with Crippen LogP contribution in [0.25, 0.3) is 0 Å². The summed E-state index contributed by atoms with van der Waals surface area (Å²) in [5.74, 6) is 0. The van der Waals surface area contributed by atoms with Crippen molar-refractivity contribution in [1.82, 2.24) is 5.32 Å². The Morgan fingerprint density at radius 1 is 1.62 bits per heavy atom. The summed E-state index contributed by atoms with van der Waals surface area (Å²) in [7, 11) is 0. The van der Waals surface area contributed by atoms with Crippen LogP contribution >= 0.6 is 0 Å². The maximum absolute atomic E-state index is 3.37. The van der Waals surface area contributed by atoms with E-state index in [4.69, 9.17) is 0 Å². The molecule has 0 radical (unpaired) electrons. The van der Waals surface area contributed by atoms with E-state index in [2.05, 4.69) is 24.1 Å². The van der Waals surface area contributed by atoms with Crippen molar-refractivity contribution in [2.75, 3.05) is 15.9 Å². The van der Waals surface area contributed by atoms with Gasteiger partial charge in [-0.2, -0.15) is 0 Å². The summed E-state index contributed by atoms with van der Waals surface area (Å²) in [6, 6.07) is 0.762. The molecule has 1 N–H and O–H groups in total. The predicted octanol–water partition coefficient (Wildman–Crippen LogP) is -2.30. The number of nitrogens with one attached hydrogen (secondary N) is 1. The average Bonchev–Trinajstić information content (AvgIpc) is 1.68. The van der Waals surface area contributed by atoms with Crippen molar-refractivity contribution in [3.8, 4) is 0 Å². The molecule has 0 saturated carbocycles. The van der Waals surface area contributed by atoms with Crippen molar-refractivity contribution in [3.05, 3.63) is 0 Å². The maximum atomic E-state index is 3.37. The minimum absolute atomic E-state index is 0.492. The number of alkyl halides is 2. The fraction of sp³-hybridized carbons (Fsp3) is 1.00. The van der Waals surface area contributed by atoms with Crippen molar-refractivity contribution in [2.24, 2.45) is 0 Å². The zero-order valence-corrected chi connectivity index (χ0v) is 8.03. The van der Waals surface area contributed by atoms with Gasteiger partial charge in [0.15, 0.2) is 0 Å². The second kappa shape index (κ2) is 5.82. The summed E-state index contributed by atoms with van der Waals surface area (Å²) < 4.78 is 1.41. The quantitative estimate of drug-likeness (QED) is 0.421. The van der Waals surface area contributed by atoms with Crippen LogP contribution in [-0.2, 0) is 0 Å². The molecule has 0 spiro atoms. The summed E-state index contributed by atoms with van der Waals surface area (Å²) >= 11 is 0.492. The fourth-order valence-corrected chi connectivity index (χ4v) is 2.27. The van der Waals surface area contributed by atoms with Crippen molar-refractivity contribution < 1.29 is 21.2 Å². The van der Waals surface area contributed by atoms with Crippen LogP contribution in [0.4, 0.5) is 0 Å². The van der Waals surface area contributed by atoms with Gasteiger partial charge in [-0.15, -0.1) is 0 Å². The molecule has 52 valence electrons. The first-order valence-electron chi connectivity index (χ1n) is 2.98. The third-order valence-corrected chi connectivity index (χ3v) is 3.14. The molecule has 1 atom stereocenters. The first-order chi connectivity index (χ1) is 3.81. The second-order valence-corrected chi connectivity index (χ2v) is 4.29. The third-order valence-electron chi connectivity index (χ3n) is 0.938. The summed E-state index contributed by atoms with van der Waals surface area (Å²) in [4.78, 5) is 2.33. The molecule has 8 heavy (non-hydrogen) atoms. The van der Waals surface area contributed by atoms with Gasteiger partial charge < -0.3 is 0 Å². The Labute approximate surface area is 62.5 Å². The van der Waals surface area contributed by atoms with Gasteiger partial charge in [-0.05, 0) is 0 Å². The van der Waals surface area contributed by atoms with Crippen molar-refractivity contribution in [2.45, 2.75) is 19.9 Å². The van der Waals surface area contributed by atoms with Crippen LogP contribution in [0.3, 0.4) is 0 Å². The van der Waals surface area contributed by atoms with Gasteiger partial charge in [-0.1, -0.05) is 0 Å². The average molecular weight is 228 g/mol. The van der Waals surface area contributed by atoms with Crippen LogP contribution < -0.4 is 26.5 Å². The molecule has 0 aliphatic carbocycles. The molecule has 0 rings (SSSR count). The van der Waals surface area contributed by atoms with Crippen molar-refractivity contribution >= 4 is 0 Å². The van der Waals surface area contributed by atoms with Gasteiger partial charge in [0.1, 0.15) is 0 Å². The van der Waals surface area contributed by atoms with E-state index in [-0.39, 0.29) is 0 Å². The zero-order valence-electron chi connectivity index (χ0n) is 5.87. The van der Waals surface area contributed by atoms with Gasteiger partial charge in [-0.3, -0.25) is 0 Å². The number of rotatable bonds is 4. The number of hydrogen-bond donors (Lipinski definition) is 1. The van der Waals surface area contributed by atoms with E-state index in [0.29, 0.717) is 21.2 Å². The molecular formula is C6H15IN-. The Kier molecular flexibility index (Phi) is 6.32. The molecule has 0 bridgehead atoms. The zero-order chi connectivity index (χ0) is 6.41. The van der Waals surface area contributed by atoms with Crippen LogP contribution in [0.15, 0.2) is 0 Å². The summed E-state index contributed by atoms with van der Waals surface area (Å²) in [6.07, 6.45) is 0. The molecule has 0 heterocycles. The molecule has 0 aromatic carbocycles. The molecule has 0 aliphatic heterocycles. The second-order valence-electron chi connectivity index (χ2n) is 1.88. The van der Waals surface area contributed by atoms with Gasteiger partial charge in [0.2, 0.25) is 0 Å². The van der Waals surface area contributed by atoms with E-state index >= 15 is 0 Å². The van der Waals surface area contributed by atoms with Crippen LogP contribution in [0.5, 0.6) is 0 Å². The Morgan fingerprint density at radius 3 is 2.62 bits per heavy atom. The van der Waals surface area contributed by atoms with Crippen LogP contribution in [0.1, 0.15) is 13.8 Å². The predicted molar refractivity (Wildman–Crippen MR) is 33.9 cm³/mol. The van der Waals surface area contributed by atoms with E-state index < -0.39 is 0 Å². The summed E-state index contributed by atoms with van der Waals surface area (Å²) in [6.45, 7) is 5.53. The molecule has 0 aliphatic rings. The van der Waals surface area contributed by atoms with Crippen molar-refractivity contribution in [1.29, 1.82) is 0 Å². The van der Waals surface area contributed by atoms with E-state index in [1.54, 1.807) is 0 Å². The minimum atomic E-state index is 0.492. The number of halogens is 1. The molecule has 0 amide bonds. The fourth-order valence-electron chi connectivity index (χ4n) is 0.634.